The predicted octanol–water partition coefficient (Wildman–Crippen LogP) is 0.0715. The lowest BCUT2D eigenvalue weighted by atomic mass is 9.98. The summed E-state index contributed by atoms with van der Waals surface area (Å²) in [4.78, 5) is 43.0. The Bertz CT molecular complexity index is 1010. The first-order valence-corrected chi connectivity index (χ1v) is 10.6. The number of hydrogen-bond donors (Lipinski definition) is 3. The molecule has 31 heavy (non-hydrogen) atoms. The molecule has 1 aliphatic heterocycles. The summed E-state index contributed by atoms with van der Waals surface area (Å²) in [6, 6.07) is 4.45. The standard InChI is InChI=1S/C21H32N6O4/c1-14(2)16-6-9-24(3)13-26(16)21(31)27-17-5-4-15(19(29)23-8-11-28)12-18(17)25(10-7-22)20(27)30/h4-5,12,14,16,28H,6-11,13,22H2,1-3H3,(H,23,29)/t16-/m0/s1. The van der Waals surface area contributed by atoms with Crippen LogP contribution in [-0.4, -0.2) is 82.0 Å². The molecule has 0 saturated carbocycles. The van der Waals surface area contributed by atoms with Gasteiger partial charge in [-0.3, -0.25) is 14.3 Å². The van der Waals surface area contributed by atoms with E-state index in [9.17, 15) is 14.4 Å². The van der Waals surface area contributed by atoms with Gasteiger partial charge in [-0.05, 0) is 37.6 Å². The van der Waals surface area contributed by atoms with Gasteiger partial charge in [-0.2, -0.15) is 0 Å². The minimum atomic E-state index is -0.464. The second-order valence-electron chi connectivity index (χ2n) is 8.31. The number of aromatic nitrogens is 2. The monoisotopic (exact) mass is 432 g/mol. The van der Waals surface area contributed by atoms with Gasteiger partial charge in [0.1, 0.15) is 0 Å². The van der Waals surface area contributed by atoms with Gasteiger partial charge in [0.25, 0.3) is 5.91 Å². The van der Waals surface area contributed by atoms with E-state index in [1.54, 1.807) is 23.1 Å². The Morgan fingerprint density at radius 2 is 2.03 bits per heavy atom. The van der Waals surface area contributed by atoms with Gasteiger partial charge in [0.2, 0.25) is 0 Å². The van der Waals surface area contributed by atoms with Crippen LogP contribution in [0.2, 0.25) is 0 Å². The molecule has 2 amide bonds. The third kappa shape index (κ3) is 4.51. The zero-order chi connectivity index (χ0) is 22.7. The van der Waals surface area contributed by atoms with Gasteiger partial charge in [0, 0.05) is 37.8 Å². The molecule has 0 spiro atoms. The maximum Gasteiger partial charge on any atom is 0.337 e. The summed E-state index contributed by atoms with van der Waals surface area (Å²) in [7, 11) is 1.95. The van der Waals surface area contributed by atoms with Crippen LogP contribution < -0.4 is 16.7 Å². The second-order valence-corrected chi connectivity index (χ2v) is 8.31. The van der Waals surface area contributed by atoms with Gasteiger partial charge in [-0.25, -0.2) is 14.2 Å². The Morgan fingerprint density at radius 3 is 2.68 bits per heavy atom. The van der Waals surface area contributed by atoms with Crippen LogP contribution >= 0.6 is 0 Å². The minimum absolute atomic E-state index is 0.0343. The molecule has 1 aromatic heterocycles. The number of aliphatic hydroxyl groups excluding tert-OH is 1. The number of rotatable bonds is 6. The molecule has 0 bridgehead atoms. The van der Waals surface area contributed by atoms with Gasteiger partial charge in [-0.15, -0.1) is 0 Å². The number of hydrogen-bond acceptors (Lipinski definition) is 6. The van der Waals surface area contributed by atoms with E-state index < -0.39 is 5.69 Å². The molecule has 0 unspecified atom stereocenters. The first-order chi connectivity index (χ1) is 14.8. The number of carbonyl (C=O) groups is 2. The Balaban J connectivity index is 2.09. The van der Waals surface area contributed by atoms with E-state index in [4.69, 9.17) is 10.8 Å². The molecular formula is C21H32N6O4. The van der Waals surface area contributed by atoms with E-state index in [1.807, 2.05) is 7.05 Å². The van der Waals surface area contributed by atoms with Gasteiger partial charge in [0.05, 0.1) is 24.3 Å². The maximum absolute atomic E-state index is 13.6. The van der Waals surface area contributed by atoms with Crippen molar-refractivity contribution in [2.45, 2.75) is 32.9 Å². The molecule has 1 saturated heterocycles. The Hall–Kier alpha value is -2.69. The van der Waals surface area contributed by atoms with Crippen molar-refractivity contribution in [1.29, 1.82) is 0 Å². The lowest BCUT2D eigenvalue weighted by Gasteiger charge is -2.41. The molecule has 10 heteroatoms. The topological polar surface area (TPSA) is 126 Å². The fourth-order valence-electron chi connectivity index (χ4n) is 4.17. The van der Waals surface area contributed by atoms with Crippen LogP contribution in [0.15, 0.2) is 23.0 Å². The fourth-order valence-corrected chi connectivity index (χ4v) is 4.17. The zero-order valence-corrected chi connectivity index (χ0v) is 18.4. The molecule has 2 aromatic rings. The van der Waals surface area contributed by atoms with Crippen molar-refractivity contribution in [3.8, 4) is 0 Å². The highest BCUT2D eigenvalue weighted by Crippen LogP contribution is 2.23. The molecule has 1 atom stereocenters. The summed E-state index contributed by atoms with van der Waals surface area (Å²) in [5.41, 5.74) is 6.51. The van der Waals surface area contributed by atoms with Crippen molar-refractivity contribution < 1.29 is 14.7 Å². The smallest absolute Gasteiger partial charge is 0.337 e. The molecular weight excluding hydrogens is 400 g/mol. The molecule has 3 rings (SSSR count). The summed E-state index contributed by atoms with van der Waals surface area (Å²) in [6.07, 6.45) is 0.839. The lowest BCUT2D eigenvalue weighted by Crippen LogP contribution is -2.56. The van der Waals surface area contributed by atoms with E-state index in [1.165, 1.54) is 9.13 Å². The van der Waals surface area contributed by atoms with E-state index in [-0.39, 0.29) is 50.1 Å². The van der Waals surface area contributed by atoms with Crippen molar-refractivity contribution in [2.75, 3.05) is 40.0 Å². The number of imidazole rings is 1. The van der Waals surface area contributed by atoms with Crippen molar-refractivity contribution >= 4 is 23.0 Å². The molecule has 0 aliphatic carbocycles. The summed E-state index contributed by atoms with van der Waals surface area (Å²) >= 11 is 0. The normalized spacial score (nSPS) is 17.5. The fraction of sp³-hybridized carbons (Fsp3) is 0.571. The summed E-state index contributed by atoms with van der Waals surface area (Å²) < 4.78 is 2.63. The number of nitrogens with zero attached hydrogens (tertiary/aromatic N) is 4. The molecule has 0 radical (unpaired) electrons. The van der Waals surface area contributed by atoms with Crippen molar-refractivity contribution in [1.82, 2.24) is 24.3 Å². The number of nitrogens with one attached hydrogen (secondary N) is 1. The van der Waals surface area contributed by atoms with Crippen molar-refractivity contribution in [3.63, 3.8) is 0 Å². The molecule has 4 N–H and O–H groups in total. The van der Waals surface area contributed by atoms with Gasteiger partial charge >= 0.3 is 11.7 Å². The largest absolute Gasteiger partial charge is 0.395 e. The van der Waals surface area contributed by atoms with Crippen LogP contribution in [0.3, 0.4) is 0 Å². The maximum atomic E-state index is 13.6. The van der Waals surface area contributed by atoms with Gasteiger partial charge in [-0.1, -0.05) is 13.8 Å². The predicted molar refractivity (Wildman–Crippen MR) is 118 cm³/mol. The molecule has 2 heterocycles. The molecule has 10 nitrogen and oxygen atoms in total. The van der Waals surface area contributed by atoms with E-state index in [0.29, 0.717) is 23.3 Å². The Morgan fingerprint density at radius 1 is 1.29 bits per heavy atom. The SMILES string of the molecule is CC(C)[C@@H]1CCN(C)CN1C(=O)n1c(=O)n(CCN)c2cc(C(=O)NCCO)ccc21. The molecule has 170 valence electrons. The van der Waals surface area contributed by atoms with Crippen LogP contribution in [0.5, 0.6) is 0 Å². The van der Waals surface area contributed by atoms with E-state index in [0.717, 1.165) is 13.0 Å². The number of nitrogens with two attached hydrogens (primary N) is 1. The third-order valence-electron chi connectivity index (χ3n) is 5.75. The summed E-state index contributed by atoms with van der Waals surface area (Å²) in [5, 5.41) is 11.5. The first-order valence-electron chi connectivity index (χ1n) is 10.6. The van der Waals surface area contributed by atoms with E-state index in [2.05, 4.69) is 24.1 Å². The number of fused-ring (bicyclic) bond motifs is 1. The Kier molecular flexibility index (Phi) is 7.14. The number of carbonyl (C=O) groups excluding carboxylic acids is 2. The van der Waals surface area contributed by atoms with Gasteiger partial charge < -0.3 is 21.1 Å². The summed E-state index contributed by atoms with van der Waals surface area (Å²) in [6.45, 7) is 5.90. The molecule has 1 fully saturated rings. The quantitative estimate of drug-likeness (QED) is 0.593. The van der Waals surface area contributed by atoms with Crippen LogP contribution in [0, 0.1) is 5.92 Å². The van der Waals surface area contributed by atoms with Crippen LogP contribution in [0.4, 0.5) is 4.79 Å². The van der Waals surface area contributed by atoms with Crippen LogP contribution in [0.25, 0.3) is 11.0 Å². The first kappa shape index (κ1) is 23.0. The molecule has 1 aliphatic rings. The zero-order valence-electron chi connectivity index (χ0n) is 18.4. The lowest BCUT2D eigenvalue weighted by molar-refractivity contribution is 0.0606. The highest BCUT2D eigenvalue weighted by molar-refractivity contribution is 5.99. The van der Waals surface area contributed by atoms with Crippen molar-refractivity contribution in [2.24, 2.45) is 11.7 Å². The number of aliphatic hydroxyl groups is 1. The average Bonchev–Trinajstić information content (AvgIpc) is 3.02. The highest BCUT2D eigenvalue weighted by atomic mass is 16.3. The van der Waals surface area contributed by atoms with Crippen molar-refractivity contribution in [3.05, 3.63) is 34.2 Å². The highest BCUT2D eigenvalue weighted by Gasteiger charge is 2.34. The number of amides is 2. The average molecular weight is 433 g/mol. The summed E-state index contributed by atoms with van der Waals surface area (Å²) in [5.74, 6) is -0.105. The van der Waals surface area contributed by atoms with Crippen LogP contribution in [0.1, 0.15) is 30.6 Å². The van der Waals surface area contributed by atoms with E-state index >= 15 is 0 Å². The van der Waals surface area contributed by atoms with Crippen LogP contribution in [-0.2, 0) is 6.54 Å². The third-order valence-corrected chi connectivity index (χ3v) is 5.75. The molecule has 1 aromatic carbocycles. The Labute approximate surface area is 181 Å². The minimum Gasteiger partial charge on any atom is -0.395 e. The second kappa shape index (κ2) is 9.63. The number of benzene rings is 1. The van der Waals surface area contributed by atoms with Gasteiger partial charge in [0.15, 0.2) is 0 Å².